The molecule has 21 heavy (non-hydrogen) atoms. The Balaban J connectivity index is 2.55. The molecule has 0 amide bonds. The number of benzene rings is 1. The van der Waals surface area contributed by atoms with Gasteiger partial charge < -0.3 is 9.47 Å². The van der Waals surface area contributed by atoms with Gasteiger partial charge in [0, 0.05) is 17.0 Å². The van der Waals surface area contributed by atoms with E-state index in [1.165, 1.54) is 7.11 Å². The lowest BCUT2D eigenvalue weighted by atomic mass is 10.0. The second kappa shape index (κ2) is 6.26. The van der Waals surface area contributed by atoms with E-state index in [-0.39, 0.29) is 5.78 Å². The zero-order valence-electron chi connectivity index (χ0n) is 12.4. The van der Waals surface area contributed by atoms with Crippen molar-refractivity contribution in [2.45, 2.75) is 13.8 Å². The van der Waals surface area contributed by atoms with Gasteiger partial charge in [-0.25, -0.2) is 0 Å². The minimum absolute atomic E-state index is 0.125. The summed E-state index contributed by atoms with van der Waals surface area (Å²) in [5.74, 6) is 0.946. The van der Waals surface area contributed by atoms with Crippen LogP contribution in [0.2, 0.25) is 0 Å². The molecule has 0 N–H and O–H groups in total. The van der Waals surface area contributed by atoms with E-state index in [1.807, 2.05) is 19.9 Å². The number of aryl methyl sites for hydroxylation is 2. The molecule has 0 aliphatic rings. The molecule has 0 fully saturated rings. The van der Waals surface area contributed by atoms with E-state index in [0.717, 1.165) is 5.69 Å². The van der Waals surface area contributed by atoms with Crippen molar-refractivity contribution in [1.82, 2.24) is 4.98 Å². The largest absolute Gasteiger partial charge is 0.495 e. The van der Waals surface area contributed by atoms with E-state index in [2.05, 4.69) is 20.9 Å². The molecule has 0 atom stereocenters. The Morgan fingerprint density at radius 1 is 1.05 bits per heavy atom. The van der Waals surface area contributed by atoms with Crippen molar-refractivity contribution < 1.29 is 14.3 Å². The number of hydrogen-bond acceptors (Lipinski definition) is 4. The molecule has 0 aliphatic carbocycles. The van der Waals surface area contributed by atoms with Gasteiger partial charge in [-0.2, -0.15) is 0 Å². The number of ketones is 1. The van der Waals surface area contributed by atoms with E-state index in [9.17, 15) is 4.79 Å². The van der Waals surface area contributed by atoms with Crippen LogP contribution in [0.4, 0.5) is 0 Å². The van der Waals surface area contributed by atoms with Gasteiger partial charge >= 0.3 is 0 Å². The zero-order chi connectivity index (χ0) is 15.6. The first-order valence-corrected chi connectivity index (χ1v) is 7.18. The minimum Gasteiger partial charge on any atom is -0.495 e. The van der Waals surface area contributed by atoms with Crippen LogP contribution in [0.15, 0.2) is 28.7 Å². The van der Waals surface area contributed by atoms with Crippen molar-refractivity contribution in [2.24, 2.45) is 0 Å². The molecule has 0 saturated heterocycles. The molecule has 0 radical (unpaired) electrons. The maximum Gasteiger partial charge on any atom is 0.198 e. The first-order valence-electron chi connectivity index (χ1n) is 6.39. The molecule has 2 rings (SSSR count). The summed E-state index contributed by atoms with van der Waals surface area (Å²) < 4.78 is 11.2. The Hall–Kier alpha value is -1.88. The third-order valence-electron chi connectivity index (χ3n) is 3.20. The molecule has 4 nitrogen and oxygen atoms in total. The summed E-state index contributed by atoms with van der Waals surface area (Å²) in [6, 6.07) is 7.05. The maximum atomic E-state index is 12.7. The predicted octanol–water partition coefficient (Wildman–Crippen LogP) is 3.71. The fourth-order valence-corrected chi connectivity index (χ4v) is 2.82. The lowest BCUT2D eigenvalue weighted by Crippen LogP contribution is -2.08. The normalized spacial score (nSPS) is 10.3. The Kier molecular flexibility index (Phi) is 4.63. The van der Waals surface area contributed by atoms with E-state index >= 15 is 0 Å². The molecule has 5 heteroatoms. The SMILES string of the molecule is COc1ccc(C(=O)c2ccc(C)nc2C)c(OC)c1Br. The highest BCUT2D eigenvalue weighted by atomic mass is 79.9. The number of rotatable bonds is 4. The van der Waals surface area contributed by atoms with Crippen LogP contribution in [-0.2, 0) is 0 Å². The molecular formula is C16H16BrNO3. The summed E-state index contributed by atoms with van der Waals surface area (Å²) >= 11 is 3.41. The van der Waals surface area contributed by atoms with E-state index < -0.39 is 0 Å². The first-order chi connectivity index (χ1) is 9.99. The maximum absolute atomic E-state index is 12.7. The number of aromatic nitrogens is 1. The van der Waals surface area contributed by atoms with Gasteiger partial charge in [-0.05, 0) is 54.0 Å². The smallest absolute Gasteiger partial charge is 0.198 e. The Morgan fingerprint density at radius 2 is 1.71 bits per heavy atom. The van der Waals surface area contributed by atoms with Gasteiger partial charge in [0.2, 0.25) is 0 Å². The number of methoxy groups -OCH3 is 2. The third kappa shape index (κ3) is 2.93. The molecule has 0 unspecified atom stereocenters. The lowest BCUT2D eigenvalue weighted by molar-refractivity contribution is 0.103. The van der Waals surface area contributed by atoms with E-state index in [1.54, 1.807) is 25.3 Å². The minimum atomic E-state index is -0.125. The number of nitrogens with zero attached hydrogens (tertiary/aromatic N) is 1. The molecule has 0 saturated carbocycles. The predicted molar refractivity (Wildman–Crippen MR) is 84.4 cm³/mol. The van der Waals surface area contributed by atoms with Crippen LogP contribution < -0.4 is 9.47 Å². The van der Waals surface area contributed by atoms with Crippen LogP contribution in [0.5, 0.6) is 11.5 Å². The summed E-state index contributed by atoms with van der Waals surface area (Å²) in [5.41, 5.74) is 2.62. The van der Waals surface area contributed by atoms with Crippen LogP contribution in [0, 0.1) is 13.8 Å². The van der Waals surface area contributed by atoms with Crippen LogP contribution in [0.25, 0.3) is 0 Å². The van der Waals surface area contributed by atoms with Crippen molar-refractivity contribution in [3.63, 3.8) is 0 Å². The molecule has 0 spiro atoms. The highest BCUT2D eigenvalue weighted by molar-refractivity contribution is 9.10. The number of pyridine rings is 1. The Labute approximate surface area is 132 Å². The number of carbonyl (C=O) groups excluding carboxylic acids is 1. The van der Waals surface area contributed by atoms with Gasteiger partial charge in [0.05, 0.1) is 19.8 Å². The molecule has 1 heterocycles. The highest BCUT2D eigenvalue weighted by Crippen LogP contribution is 2.38. The Morgan fingerprint density at radius 3 is 2.29 bits per heavy atom. The molecule has 1 aromatic heterocycles. The summed E-state index contributed by atoms with van der Waals surface area (Å²) in [6.45, 7) is 3.72. The van der Waals surface area contributed by atoms with Crippen molar-refractivity contribution >= 4 is 21.7 Å². The van der Waals surface area contributed by atoms with Crippen molar-refractivity contribution in [2.75, 3.05) is 14.2 Å². The molecule has 0 bridgehead atoms. The van der Waals surface area contributed by atoms with Gasteiger partial charge in [0.15, 0.2) is 5.78 Å². The van der Waals surface area contributed by atoms with Crippen LogP contribution in [0.1, 0.15) is 27.3 Å². The summed E-state index contributed by atoms with van der Waals surface area (Å²) in [6.07, 6.45) is 0. The van der Waals surface area contributed by atoms with Crippen molar-refractivity contribution in [3.8, 4) is 11.5 Å². The second-order valence-corrected chi connectivity index (χ2v) is 5.37. The quantitative estimate of drug-likeness (QED) is 0.789. The number of carbonyl (C=O) groups is 1. The van der Waals surface area contributed by atoms with Crippen molar-refractivity contribution in [3.05, 3.63) is 51.3 Å². The van der Waals surface area contributed by atoms with Crippen molar-refractivity contribution in [1.29, 1.82) is 0 Å². The van der Waals surface area contributed by atoms with Gasteiger partial charge in [-0.15, -0.1) is 0 Å². The lowest BCUT2D eigenvalue weighted by Gasteiger charge is -2.13. The topological polar surface area (TPSA) is 48.4 Å². The van der Waals surface area contributed by atoms with Crippen LogP contribution >= 0.6 is 15.9 Å². The van der Waals surface area contributed by atoms with Gasteiger partial charge in [0.25, 0.3) is 0 Å². The molecular weight excluding hydrogens is 334 g/mol. The standard InChI is InChI=1S/C16H16BrNO3/c1-9-5-6-11(10(2)18-9)15(19)12-7-8-13(20-3)14(17)16(12)21-4/h5-8H,1-4H3. The molecule has 1 aromatic carbocycles. The summed E-state index contributed by atoms with van der Waals surface area (Å²) in [4.78, 5) is 17.1. The third-order valence-corrected chi connectivity index (χ3v) is 3.95. The van der Waals surface area contributed by atoms with E-state index in [4.69, 9.17) is 9.47 Å². The Bertz CT molecular complexity index is 698. The van der Waals surface area contributed by atoms with Gasteiger partial charge in [-0.1, -0.05) is 0 Å². The summed E-state index contributed by atoms with van der Waals surface area (Å²) in [7, 11) is 3.09. The monoisotopic (exact) mass is 349 g/mol. The first kappa shape index (κ1) is 15.5. The van der Waals surface area contributed by atoms with E-state index in [0.29, 0.717) is 32.8 Å². The van der Waals surface area contributed by atoms with Gasteiger partial charge in [-0.3, -0.25) is 9.78 Å². The number of hydrogen-bond donors (Lipinski definition) is 0. The number of ether oxygens (including phenoxy) is 2. The average Bonchev–Trinajstić information content (AvgIpc) is 2.46. The van der Waals surface area contributed by atoms with Crippen LogP contribution in [-0.4, -0.2) is 25.0 Å². The zero-order valence-corrected chi connectivity index (χ0v) is 13.9. The molecule has 0 aliphatic heterocycles. The van der Waals surface area contributed by atoms with Crippen LogP contribution in [0.3, 0.4) is 0 Å². The second-order valence-electron chi connectivity index (χ2n) is 4.58. The fraction of sp³-hybridized carbons (Fsp3) is 0.250. The summed E-state index contributed by atoms with van der Waals surface area (Å²) in [5, 5.41) is 0. The molecule has 2 aromatic rings. The average molecular weight is 350 g/mol. The fourth-order valence-electron chi connectivity index (χ4n) is 2.15. The number of halogens is 1. The van der Waals surface area contributed by atoms with Gasteiger partial charge in [0.1, 0.15) is 16.0 Å². The molecule has 110 valence electrons. The highest BCUT2D eigenvalue weighted by Gasteiger charge is 2.21.